The smallest absolute Gasteiger partial charge is 0.415 e. The summed E-state index contributed by atoms with van der Waals surface area (Å²) < 4.78 is 10.5. The largest absolute Gasteiger partial charge is 0.475 e. The summed E-state index contributed by atoms with van der Waals surface area (Å²) in [6.45, 7) is 4.56. The summed E-state index contributed by atoms with van der Waals surface area (Å²) >= 11 is 0. The van der Waals surface area contributed by atoms with E-state index < -0.39 is 6.09 Å². The summed E-state index contributed by atoms with van der Waals surface area (Å²) in [4.78, 5) is 21.4. The van der Waals surface area contributed by atoms with Crippen molar-refractivity contribution in [2.75, 3.05) is 23.8 Å². The van der Waals surface area contributed by atoms with Crippen molar-refractivity contribution in [3.63, 3.8) is 0 Å². The van der Waals surface area contributed by atoms with Gasteiger partial charge in [-0.05, 0) is 26.0 Å². The third-order valence-corrected chi connectivity index (χ3v) is 3.61. The molecule has 130 valence electrons. The standard InChI is InChI=1S/C17H19N5O3/c1-10(2)25-15-8-12(13(18)9-21-15)16(19)11-3-4-20-14(7-11)22-5-6-24-17(22)23/h3-4,7-10,19H,5-6,18H2,1-2H3. The number of nitrogens with two attached hydrogens (primary N) is 1. The number of ether oxygens (including phenoxy) is 2. The van der Waals surface area contributed by atoms with Crippen molar-refractivity contribution in [3.8, 4) is 5.88 Å². The number of carbonyl (C=O) groups is 1. The molecule has 2 aromatic heterocycles. The van der Waals surface area contributed by atoms with E-state index >= 15 is 0 Å². The molecule has 3 rings (SSSR count). The molecule has 3 N–H and O–H groups in total. The molecule has 8 nitrogen and oxygen atoms in total. The lowest BCUT2D eigenvalue weighted by molar-refractivity contribution is 0.181. The molecule has 1 fully saturated rings. The van der Waals surface area contributed by atoms with Crippen LogP contribution in [0.15, 0.2) is 30.6 Å². The second kappa shape index (κ2) is 6.76. The number of nitrogens with one attached hydrogen (secondary N) is 1. The molecule has 1 amide bonds. The quantitative estimate of drug-likeness (QED) is 0.806. The summed E-state index contributed by atoms with van der Waals surface area (Å²) in [7, 11) is 0. The second-order valence-electron chi connectivity index (χ2n) is 5.82. The fourth-order valence-electron chi connectivity index (χ4n) is 2.45. The first-order valence-electron chi connectivity index (χ1n) is 7.87. The summed E-state index contributed by atoms with van der Waals surface area (Å²) in [5.74, 6) is 0.845. The number of carbonyl (C=O) groups excluding carboxylic acids is 1. The number of aromatic nitrogens is 2. The van der Waals surface area contributed by atoms with Crippen LogP contribution >= 0.6 is 0 Å². The predicted molar refractivity (Wildman–Crippen MR) is 93.3 cm³/mol. The molecule has 1 saturated heterocycles. The Bertz CT molecular complexity index is 822. The Hall–Kier alpha value is -3.16. The minimum atomic E-state index is -0.438. The Balaban J connectivity index is 1.92. The third-order valence-electron chi connectivity index (χ3n) is 3.61. The number of rotatable bonds is 5. The van der Waals surface area contributed by atoms with Gasteiger partial charge in [0.05, 0.1) is 30.2 Å². The van der Waals surface area contributed by atoms with Crippen LogP contribution in [0.2, 0.25) is 0 Å². The Morgan fingerprint density at radius 1 is 1.40 bits per heavy atom. The number of hydrogen-bond acceptors (Lipinski definition) is 7. The molecule has 0 spiro atoms. The van der Waals surface area contributed by atoms with Crippen LogP contribution < -0.4 is 15.4 Å². The van der Waals surface area contributed by atoms with Crippen LogP contribution in [0.3, 0.4) is 0 Å². The molecule has 3 heterocycles. The zero-order valence-electron chi connectivity index (χ0n) is 14.0. The maximum absolute atomic E-state index is 11.7. The first-order valence-corrected chi connectivity index (χ1v) is 7.87. The third kappa shape index (κ3) is 3.52. The highest BCUT2D eigenvalue weighted by Gasteiger charge is 2.25. The number of nitrogens with zero attached hydrogens (tertiary/aromatic N) is 3. The van der Waals surface area contributed by atoms with Crippen LogP contribution in [-0.2, 0) is 4.74 Å². The van der Waals surface area contributed by atoms with E-state index in [2.05, 4.69) is 9.97 Å². The van der Waals surface area contributed by atoms with Crippen LogP contribution in [0.5, 0.6) is 5.88 Å². The topological polar surface area (TPSA) is 114 Å². The molecule has 0 aromatic carbocycles. The van der Waals surface area contributed by atoms with Crippen LogP contribution in [0.25, 0.3) is 0 Å². The SMILES string of the molecule is CC(C)Oc1cc(C(=N)c2ccnc(N3CCOC3=O)c2)c(N)cn1. The van der Waals surface area contributed by atoms with Gasteiger partial charge in [0.2, 0.25) is 5.88 Å². The van der Waals surface area contributed by atoms with Gasteiger partial charge in [-0.25, -0.2) is 14.8 Å². The zero-order chi connectivity index (χ0) is 18.0. The monoisotopic (exact) mass is 341 g/mol. The van der Waals surface area contributed by atoms with Gasteiger partial charge in [0, 0.05) is 23.4 Å². The molecule has 8 heteroatoms. The fraction of sp³-hybridized carbons (Fsp3) is 0.294. The molecule has 0 radical (unpaired) electrons. The van der Waals surface area contributed by atoms with E-state index in [-0.39, 0.29) is 11.8 Å². The van der Waals surface area contributed by atoms with Crippen LogP contribution in [0, 0.1) is 5.41 Å². The molecular formula is C17H19N5O3. The average Bonchev–Trinajstić information content (AvgIpc) is 3.02. The highest BCUT2D eigenvalue weighted by atomic mass is 16.6. The molecule has 1 aliphatic heterocycles. The van der Waals surface area contributed by atoms with Crippen LogP contribution in [-0.4, -0.2) is 41.0 Å². The maximum atomic E-state index is 11.7. The molecular weight excluding hydrogens is 322 g/mol. The van der Waals surface area contributed by atoms with E-state index in [0.29, 0.717) is 41.7 Å². The van der Waals surface area contributed by atoms with Gasteiger partial charge in [-0.2, -0.15) is 0 Å². The normalized spacial score (nSPS) is 13.9. The lowest BCUT2D eigenvalue weighted by Crippen LogP contribution is -2.24. The average molecular weight is 341 g/mol. The second-order valence-corrected chi connectivity index (χ2v) is 5.82. The Morgan fingerprint density at radius 2 is 2.20 bits per heavy atom. The summed E-state index contributed by atoms with van der Waals surface area (Å²) in [6.07, 6.45) is 2.55. The number of amides is 1. The van der Waals surface area contributed by atoms with Crippen molar-refractivity contribution in [3.05, 3.63) is 41.7 Å². The molecule has 0 bridgehead atoms. The van der Waals surface area contributed by atoms with E-state index in [0.717, 1.165) is 0 Å². The van der Waals surface area contributed by atoms with Crippen molar-refractivity contribution in [1.29, 1.82) is 5.41 Å². The van der Waals surface area contributed by atoms with E-state index in [1.54, 1.807) is 24.4 Å². The number of cyclic esters (lactones) is 1. The predicted octanol–water partition coefficient (Wildman–Crippen LogP) is 2.22. The van der Waals surface area contributed by atoms with Gasteiger partial charge in [-0.3, -0.25) is 10.3 Å². The van der Waals surface area contributed by atoms with Crippen molar-refractivity contribution >= 4 is 23.3 Å². The zero-order valence-corrected chi connectivity index (χ0v) is 14.0. The van der Waals surface area contributed by atoms with Crippen molar-refractivity contribution in [2.24, 2.45) is 0 Å². The Kier molecular flexibility index (Phi) is 4.51. The maximum Gasteiger partial charge on any atom is 0.415 e. The minimum Gasteiger partial charge on any atom is -0.475 e. The van der Waals surface area contributed by atoms with Gasteiger partial charge in [-0.1, -0.05) is 0 Å². The molecule has 0 atom stereocenters. The summed E-state index contributed by atoms with van der Waals surface area (Å²) in [5, 5.41) is 8.48. The van der Waals surface area contributed by atoms with E-state index in [4.69, 9.17) is 20.6 Å². The lowest BCUT2D eigenvalue weighted by atomic mass is 10.0. The van der Waals surface area contributed by atoms with E-state index in [9.17, 15) is 4.79 Å². The molecule has 2 aromatic rings. The number of anilines is 2. The minimum absolute atomic E-state index is 0.0353. The van der Waals surface area contributed by atoms with Gasteiger partial charge in [0.1, 0.15) is 12.4 Å². The van der Waals surface area contributed by atoms with Crippen LogP contribution in [0.1, 0.15) is 25.0 Å². The van der Waals surface area contributed by atoms with Crippen molar-refractivity contribution in [1.82, 2.24) is 9.97 Å². The van der Waals surface area contributed by atoms with Crippen LogP contribution in [0.4, 0.5) is 16.3 Å². The first kappa shape index (κ1) is 16.7. The van der Waals surface area contributed by atoms with E-state index in [1.807, 2.05) is 13.8 Å². The summed E-state index contributed by atoms with van der Waals surface area (Å²) in [6, 6.07) is 5.00. The number of nitrogen functional groups attached to an aromatic ring is 1. The molecule has 25 heavy (non-hydrogen) atoms. The molecule has 1 aliphatic rings. The fourth-order valence-corrected chi connectivity index (χ4v) is 2.45. The van der Waals surface area contributed by atoms with Gasteiger partial charge in [0.25, 0.3) is 0 Å². The lowest BCUT2D eigenvalue weighted by Gasteiger charge is -2.14. The Labute approximate surface area is 145 Å². The highest BCUT2D eigenvalue weighted by Crippen LogP contribution is 2.23. The Morgan fingerprint density at radius 3 is 2.88 bits per heavy atom. The molecule has 0 unspecified atom stereocenters. The van der Waals surface area contributed by atoms with Crippen molar-refractivity contribution in [2.45, 2.75) is 20.0 Å². The first-order chi connectivity index (χ1) is 12.0. The van der Waals surface area contributed by atoms with Gasteiger partial charge in [0.15, 0.2) is 0 Å². The molecule has 0 aliphatic carbocycles. The highest BCUT2D eigenvalue weighted by molar-refractivity contribution is 6.14. The van der Waals surface area contributed by atoms with E-state index in [1.165, 1.54) is 11.1 Å². The summed E-state index contributed by atoms with van der Waals surface area (Å²) in [5.41, 5.74) is 7.64. The van der Waals surface area contributed by atoms with Gasteiger partial charge < -0.3 is 15.2 Å². The van der Waals surface area contributed by atoms with Crippen molar-refractivity contribution < 1.29 is 14.3 Å². The number of hydrogen-bond donors (Lipinski definition) is 2. The van der Waals surface area contributed by atoms with Gasteiger partial charge in [-0.15, -0.1) is 0 Å². The van der Waals surface area contributed by atoms with Gasteiger partial charge >= 0.3 is 6.09 Å². The molecule has 0 saturated carbocycles. The number of pyridine rings is 2.